The molecule has 112 valence electrons. The number of nitrogens with one attached hydrogen (secondary N) is 1. The normalized spacial score (nSPS) is 11.3. The number of pyridine rings is 1. The van der Waals surface area contributed by atoms with Gasteiger partial charge in [-0.1, -0.05) is 30.3 Å². The number of anilines is 1. The Balaban J connectivity index is 1.84. The smallest absolute Gasteiger partial charge is 0.265 e. The zero-order chi connectivity index (χ0) is 15.4. The third-order valence-corrected chi connectivity index (χ3v) is 4.30. The van der Waals surface area contributed by atoms with Gasteiger partial charge in [0.25, 0.3) is 10.0 Å². The highest BCUT2D eigenvalue weighted by Crippen LogP contribution is 2.14. The van der Waals surface area contributed by atoms with Crippen molar-refractivity contribution >= 4 is 16.0 Å². The second-order valence-corrected chi connectivity index (χ2v) is 6.24. The number of hydrogen-bond donors (Lipinski definition) is 1. The maximum atomic E-state index is 12.3. The summed E-state index contributed by atoms with van der Waals surface area (Å²) in [5, 5.41) is 7.59. The molecule has 8 heteroatoms. The average molecular weight is 315 g/mol. The van der Waals surface area contributed by atoms with E-state index < -0.39 is 10.0 Å². The van der Waals surface area contributed by atoms with E-state index in [4.69, 9.17) is 0 Å². The Morgan fingerprint density at radius 3 is 2.64 bits per heavy atom. The molecule has 0 spiro atoms. The lowest BCUT2D eigenvalue weighted by Gasteiger charge is -2.09. The summed E-state index contributed by atoms with van der Waals surface area (Å²) in [6, 6.07) is 12.7. The van der Waals surface area contributed by atoms with Gasteiger partial charge in [-0.2, -0.15) is 0 Å². The molecule has 0 aliphatic carbocycles. The lowest BCUT2D eigenvalue weighted by Crippen LogP contribution is -2.17. The van der Waals surface area contributed by atoms with Crippen LogP contribution in [0, 0.1) is 0 Å². The maximum absolute atomic E-state index is 12.3. The van der Waals surface area contributed by atoms with Crippen LogP contribution >= 0.6 is 0 Å². The molecule has 2 heterocycles. The minimum Gasteiger partial charge on any atom is -0.295 e. The zero-order valence-electron chi connectivity index (χ0n) is 11.5. The van der Waals surface area contributed by atoms with Gasteiger partial charge in [-0.15, -0.1) is 10.2 Å². The minimum atomic E-state index is -3.73. The van der Waals surface area contributed by atoms with Crippen molar-refractivity contribution in [1.29, 1.82) is 0 Å². The molecular formula is C14H13N5O2S. The minimum absolute atomic E-state index is 0.0734. The van der Waals surface area contributed by atoms with Gasteiger partial charge in [-0.25, -0.2) is 13.1 Å². The molecule has 1 aromatic carbocycles. The third-order valence-electron chi connectivity index (χ3n) is 2.98. The molecule has 0 atom stereocenters. The number of sulfonamides is 1. The third kappa shape index (κ3) is 3.12. The Morgan fingerprint density at radius 2 is 1.91 bits per heavy atom. The van der Waals surface area contributed by atoms with Crippen molar-refractivity contribution in [2.45, 2.75) is 11.4 Å². The van der Waals surface area contributed by atoms with Gasteiger partial charge in [0.05, 0.1) is 6.54 Å². The fraction of sp³-hybridized carbons (Fsp3) is 0.0714. The fourth-order valence-corrected chi connectivity index (χ4v) is 2.89. The monoisotopic (exact) mass is 315 g/mol. The van der Waals surface area contributed by atoms with Crippen molar-refractivity contribution in [2.75, 3.05) is 4.72 Å². The number of hydrogen-bond acceptors (Lipinski definition) is 5. The Labute approximate surface area is 127 Å². The van der Waals surface area contributed by atoms with Gasteiger partial charge < -0.3 is 0 Å². The molecule has 0 radical (unpaired) electrons. The van der Waals surface area contributed by atoms with E-state index >= 15 is 0 Å². The first-order valence-electron chi connectivity index (χ1n) is 6.50. The summed E-state index contributed by atoms with van der Waals surface area (Å²) in [7, 11) is -3.73. The highest BCUT2D eigenvalue weighted by Gasteiger charge is 2.17. The topological polar surface area (TPSA) is 89.8 Å². The van der Waals surface area contributed by atoms with Crippen LogP contribution in [0.4, 0.5) is 5.95 Å². The van der Waals surface area contributed by atoms with E-state index in [1.165, 1.54) is 24.8 Å². The number of nitrogens with zero attached hydrogens (tertiary/aromatic N) is 4. The summed E-state index contributed by atoms with van der Waals surface area (Å²) in [4.78, 5) is 3.88. The molecule has 0 bridgehead atoms. The first kappa shape index (κ1) is 14.2. The predicted molar refractivity (Wildman–Crippen MR) is 80.6 cm³/mol. The van der Waals surface area contributed by atoms with E-state index in [1.807, 2.05) is 30.3 Å². The van der Waals surface area contributed by atoms with Crippen LogP contribution in [0.5, 0.6) is 0 Å². The van der Waals surface area contributed by atoms with E-state index in [-0.39, 0.29) is 10.8 Å². The van der Waals surface area contributed by atoms with Gasteiger partial charge in [-0.05, 0) is 17.7 Å². The van der Waals surface area contributed by atoms with Crippen molar-refractivity contribution in [1.82, 2.24) is 19.7 Å². The molecule has 1 N–H and O–H groups in total. The molecule has 0 unspecified atom stereocenters. The zero-order valence-corrected chi connectivity index (χ0v) is 12.3. The number of aromatic nitrogens is 4. The Kier molecular flexibility index (Phi) is 3.84. The van der Waals surface area contributed by atoms with Crippen LogP contribution in [-0.4, -0.2) is 28.2 Å². The van der Waals surface area contributed by atoms with Gasteiger partial charge in [0.1, 0.15) is 11.2 Å². The summed E-state index contributed by atoms with van der Waals surface area (Å²) in [6.07, 6.45) is 4.27. The highest BCUT2D eigenvalue weighted by atomic mass is 32.2. The Hall–Kier alpha value is -2.74. The molecule has 22 heavy (non-hydrogen) atoms. The average Bonchev–Trinajstić information content (AvgIpc) is 2.95. The van der Waals surface area contributed by atoms with Crippen molar-refractivity contribution in [3.63, 3.8) is 0 Å². The van der Waals surface area contributed by atoms with E-state index in [2.05, 4.69) is 19.9 Å². The van der Waals surface area contributed by atoms with Crippen LogP contribution in [-0.2, 0) is 16.6 Å². The fourth-order valence-electron chi connectivity index (χ4n) is 1.91. The van der Waals surface area contributed by atoms with Crippen molar-refractivity contribution in [2.24, 2.45) is 0 Å². The van der Waals surface area contributed by atoms with Crippen LogP contribution in [0.25, 0.3) is 0 Å². The highest BCUT2D eigenvalue weighted by molar-refractivity contribution is 7.92. The number of benzene rings is 1. The molecule has 0 aliphatic rings. The second kappa shape index (κ2) is 5.94. The molecular weight excluding hydrogens is 302 g/mol. The molecule has 7 nitrogen and oxygen atoms in total. The van der Waals surface area contributed by atoms with Crippen molar-refractivity contribution in [3.05, 3.63) is 66.7 Å². The molecule has 0 aliphatic heterocycles. The Morgan fingerprint density at radius 1 is 1.09 bits per heavy atom. The SMILES string of the molecule is O=S(=O)(Nc1nncn1Cc1ccccc1)c1cccnc1. The van der Waals surface area contributed by atoms with Crippen molar-refractivity contribution in [3.8, 4) is 0 Å². The first-order valence-corrected chi connectivity index (χ1v) is 7.98. The van der Waals surface area contributed by atoms with E-state index in [0.717, 1.165) is 5.56 Å². The molecule has 2 aromatic heterocycles. The quantitative estimate of drug-likeness (QED) is 0.771. The van der Waals surface area contributed by atoms with Crippen LogP contribution < -0.4 is 4.72 Å². The molecule has 3 aromatic rings. The predicted octanol–water partition coefficient (Wildman–Crippen LogP) is 1.52. The summed E-state index contributed by atoms with van der Waals surface area (Å²) < 4.78 is 28.6. The molecule has 0 saturated carbocycles. The van der Waals surface area contributed by atoms with E-state index in [1.54, 1.807) is 10.6 Å². The second-order valence-electron chi connectivity index (χ2n) is 4.56. The van der Waals surface area contributed by atoms with Crippen molar-refractivity contribution < 1.29 is 8.42 Å². The summed E-state index contributed by atoms with van der Waals surface area (Å²) in [5.74, 6) is 0.160. The summed E-state index contributed by atoms with van der Waals surface area (Å²) in [5.41, 5.74) is 1.02. The summed E-state index contributed by atoms with van der Waals surface area (Å²) in [6.45, 7) is 0.471. The molecule has 0 amide bonds. The number of rotatable bonds is 5. The van der Waals surface area contributed by atoms with Crippen LogP contribution in [0.2, 0.25) is 0 Å². The lowest BCUT2D eigenvalue weighted by atomic mass is 10.2. The lowest BCUT2D eigenvalue weighted by molar-refractivity contribution is 0.599. The van der Waals surface area contributed by atoms with Crippen LogP contribution in [0.15, 0.2) is 66.1 Å². The van der Waals surface area contributed by atoms with Gasteiger partial charge in [0.2, 0.25) is 5.95 Å². The van der Waals surface area contributed by atoms with Gasteiger partial charge in [0, 0.05) is 12.4 Å². The summed E-state index contributed by atoms with van der Waals surface area (Å²) >= 11 is 0. The maximum Gasteiger partial charge on any atom is 0.265 e. The van der Waals surface area contributed by atoms with Gasteiger partial charge in [-0.3, -0.25) is 9.55 Å². The van der Waals surface area contributed by atoms with Gasteiger partial charge in [0.15, 0.2) is 0 Å². The van der Waals surface area contributed by atoms with E-state index in [0.29, 0.717) is 6.54 Å². The van der Waals surface area contributed by atoms with Crippen LogP contribution in [0.1, 0.15) is 5.56 Å². The van der Waals surface area contributed by atoms with Gasteiger partial charge >= 0.3 is 0 Å². The molecule has 0 saturated heterocycles. The van der Waals surface area contributed by atoms with E-state index in [9.17, 15) is 8.42 Å². The molecule has 3 rings (SSSR count). The standard InChI is InChI=1S/C14H13N5O2S/c20-22(21,13-7-4-8-15-9-13)18-14-17-16-11-19(14)10-12-5-2-1-3-6-12/h1-9,11H,10H2,(H,17,18). The van der Waals surface area contributed by atoms with Crippen LogP contribution in [0.3, 0.4) is 0 Å². The largest absolute Gasteiger partial charge is 0.295 e. The Bertz CT molecular complexity index is 847. The molecule has 0 fully saturated rings. The first-order chi connectivity index (χ1) is 10.6.